The van der Waals surface area contributed by atoms with Crippen molar-refractivity contribution in [1.82, 2.24) is 5.43 Å². The van der Waals surface area contributed by atoms with Crippen molar-refractivity contribution in [2.24, 2.45) is 5.10 Å². The van der Waals surface area contributed by atoms with Crippen LogP contribution in [-0.4, -0.2) is 24.7 Å². The van der Waals surface area contributed by atoms with Gasteiger partial charge in [-0.25, -0.2) is 14.6 Å². The minimum absolute atomic E-state index is 0.0915. The van der Waals surface area contributed by atoms with Crippen LogP contribution in [-0.2, 0) is 0 Å². The zero-order valence-electron chi connectivity index (χ0n) is 16.2. The van der Waals surface area contributed by atoms with Crippen LogP contribution >= 0.6 is 0 Å². The van der Waals surface area contributed by atoms with Crippen LogP contribution in [0.3, 0.4) is 0 Å². The fraction of sp³-hybridized carbons (Fsp3) is 0.0870. The van der Waals surface area contributed by atoms with E-state index in [-0.39, 0.29) is 5.56 Å². The van der Waals surface area contributed by atoms with E-state index >= 15 is 0 Å². The minimum Gasteiger partial charge on any atom is -0.494 e. The molecule has 0 aliphatic heterocycles. The van der Waals surface area contributed by atoms with Crippen LogP contribution < -0.4 is 14.9 Å². The molecule has 30 heavy (non-hydrogen) atoms. The molecule has 0 aliphatic carbocycles. The van der Waals surface area contributed by atoms with Crippen molar-refractivity contribution < 1.29 is 23.5 Å². The summed E-state index contributed by atoms with van der Waals surface area (Å²) in [4.78, 5) is 24.1. The topological polar surface area (TPSA) is 77.0 Å². The highest BCUT2D eigenvalue weighted by molar-refractivity contribution is 5.95. The van der Waals surface area contributed by atoms with E-state index in [9.17, 15) is 14.0 Å². The Hall–Kier alpha value is -4.00. The number of amides is 1. The van der Waals surface area contributed by atoms with Crippen molar-refractivity contribution in [2.45, 2.75) is 6.92 Å². The summed E-state index contributed by atoms with van der Waals surface area (Å²) in [6.45, 7) is 2.43. The van der Waals surface area contributed by atoms with Crippen LogP contribution in [0.4, 0.5) is 4.39 Å². The van der Waals surface area contributed by atoms with Crippen LogP contribution in [0.1, 0.15) is 33.2 Å². The van der Waals surface area contributed by atoms with E-state index in [0.29, 0.717) is 29.2 Å². The van der Waals surface area contributed by atoms with Gasteiger partial charge in [0.2, 0.25) is 0 Å². The number of ether oxygens (including phenoxy) is 2. The fourth-order valence-electron chi connectivity index (χ4n) is 2.51. The number of carbonyl (C=O) groups excluding carboxylic acids is 2. The number of carbonyl (C=O) groups is 2. The highest BCUT2D eigenvalue weighted by Crippen LogP contribution is 2.16. The van der Waals surface area contributed by atoms with Gasteiger partial charge < -0.3 is 9.47 Å². The molecule has 0 heterocycles. The second-order valence-corrected chi connectivity index (χ2v) is 6.09. The highest BCUT2D eigenvalue weighted by Gasteiger charge is 2.10. The lowest BCUT2D eigenvalue weighted by Crippen LogP contribution is -2.18. The molecule has 1 amide bonds. The molecular weight excluding hydrogens is 387 g/mol. The lowest BCUT2D eigenvalue weighted by atomic mass is 10.2. The van der Waals surface area contributed by atoms with Crippen molar-refractivity contribution in [3.05, 3.63) is 95.3 Å². The van der Waals surface area contributed by atoms with Gasteiger partial charge in [0.15, 0.2) is 0 Å². The molecule has 0 saturated carbocycles. The van der Waals surface area contributed by atoms with E-state index in [4.69, 9.17) is 9.47 Å². The fourth-order valence-corrected chi connectivity index (χ4v) is 2.51. The Balaban J connectivity index is 1.55. The molecule has 0 spiro atoms. The van der Waals surface area contributed by atoms with E-state index < -0.39 is 17.7 Å². The van der Waals surface area contributed by atoms with Gasteiger partial charge in [-0.1, -0.05) is 12.1 Å². The molecular formula is C23H19FN2O4. The van der Waals surface area contributed by atoms with Gasteiger partial charge >= 0.3 is 5.97 Å². The molecule has 152 valence electrons. The van der Waals surface area contributed by atoms with E-state index in [1.165, 1.54) is 24.4 Å². The van der Waals surface area contributed by atoms with Gasteiger partial charge in [0.25, 0.3) is 5.91 Å². The second-order valence-electron chi connectivity index (χ2n) is 6.09. The van der Waals surface area contributed by atoms with Crippen molar-refractivity contribution in [2.75, 3.05) is 6.61 Å². The van der Waals surface area contributed by atoms with E-state index in [0.717, 1.165) is 0 Å². The number of nitrogens with zero attached hydrogens (tertiary/aromatic N) is 1. The quantitative estimate of drug-likeness (QED) is 0.276. The monoisotopic (exact) mass is 406 g/mol. The predicted octanol–water partition coefficient (Wildman–Crippen LogP) is 4.21. The maximum absolute atomic E-state index is 13.6. The Morgan fingerprint density at radius 2 is 1.63 bits per heavy atom. The molecule has 3 aromatic carbocycles. The lowest BCUT2D eigenvalue weighted by Gasteiger charge is -2.06. The van der Waals surface area contributed by atoms with Crippen LogP contribution in [0, 0.1) is 5.82 Å². The molecule has 6 nitrogen and oxygen atoms in total. The third-order valence-electron chi connectivity index (χ3n) is 3.99. The molecule has 1 N–H and O–H groups in total. The normalized spacial score (nSPS) is 10.6. The summed E-state index contributed by atoms with van der Waals surface area (Å²) < 4.78 is 24.2. The van der Waals surface area contributed by atoms with E-state index in [1.807, 2.05) is 6.92 Å². The van der Waals surface area contributed by atoms with Crippen LogP contribution in [0.15, 0.2) is 77.9 Å². The molecule has 3 aromatic rings. The van der Waals surface area contributed by atoms with Crippen molar-refractivity contribution >= 4 is 18.1 Å². The van der Waals surface area contributed by atoms with Gasteiger partial charge in [-0.05, 0) is 73.2 Å². The molecule has 0 fully saturated rings. The summed E-state index contributed by atoms with van der Waals surface area (Å²) in [6.07, 6.45) is 1.40. The maximum Gasteiger partial charge on any atom is 0.343 e. The molecule has 3 rings (SSSR count). The molecule has 0 aromatic heterocycles. The Morgan fingerprint density at radius 3 is 2.30 bits per heavy atom. The summed E-state index contributed by atoms with van der Waals surface area (Å²) in [5, 5.41) is 3.81. The van der Waals surface area contributed by atoms with Gasteiger partial charge in [0.1, 0.15) is 17.3 Å². The first-order valence-corrected chi connectivity index (χ1v) is 9.20. The predicted molar refractivity (Wildman–Crippen MR) is 110 cm³/mol. The third-order valence-corrected chi connectivity index (χ3v) is 3.99. The molecule has 7 heteroatoms. The summed E-state index contributed by atoms with van der Waals surface area (Å²) in [5.74, 6) is -0.716. The van der Waals surface area contributed by atoms with Gasteiger partial charge in [0, 0.05) is 0 Å². The largest absolute Gasteiger partial charge is 0.494 e. The van der Waals surface area contributed by atoms with Crippen molar-refractivity contribution in [1.29, 1.82) is 0 Å². The third kappa shape index (κ3) is 5.51. The summed E-state index contributed by atoms with van der Waals surface area (Å²) in [5.41, 5.74) is 3.23. The van der Waals surface area contributed by atoms with Gasteiger partial charge in [0.05, 0.1) is 23.9 Å². The first kappa shape index (κ1) is 20.7. The number of hydrogen-bond donors (Lipinski definition) is 1. The number of esters is 1. The lowest BCUT2D eigenvalue weighted by molar-refractivity contribution is 0.0734. The number of nitrogens with one attached hydrogen (secondary N) is 1. The molecule has 0 aliphatic rings. The Kier molecular flexibility index (Phi) is 6.89. The summed E-state index contributed by atoms with van der Waals surface area (Å²) >= 11 is 0. The number of hydrazone groups is 1. The second kappa shape index (κ2) is 9.97. The zero-order valence-corrected chi connectivity index (χ0v) is 16.2. The molecule has 0 saturated heterocycles. The zero-order chi connectivity index (χ0) is 21.3. The highest BCUT2D eigenvalue weighted by atomic mass is 19.1. The Morgan fingerprint density at radius 1 is 0.967 bits per heavy atom. The number of hydrogen-bond acceptors (Lipinski definition) is 5. The Bertz CT molecular complexity index is 1050. The van der Waals surface area contributed by atoms with Gasteiger partial charge in [-0.2, -0.15) is 5.10 Å². The van der Waals surface area contributed by atoms with E-state index in [1.54, 1.807) is 54.6 Å². The smallest absolute Gasteiger partial charge is 0.343 e. The van der Waals surface area contributed by atoms with Crippen LogP contribution in [0.25, 0.3) is 0 Å². The van der Waals surface area contributed by atoms with Crippen LogP contribution in [0.5, 0.6) is 11.5 Å². The van der Waals surface area contributed by atoms with E-state index in [2.05, 4.69) is 10.5 Å². The van der Waals surface area contributed by atoms with Crippen molar-refractivity contribution in [3.63, 3.8) is 0 Å². The molecule has 0 bridgehead atoms. The molecule has 0 radical (unpaired) electrons. The van der Waals surface area contributed by atoms with Gasteiger partial charge in [-0.15, -0.1) is 0 Å². The average molecular weight is 406 g/mol. The summed E-state index contributed by atoms with van der Waals surface area (Å²) in [7, 11) is 0. The number of halogens is 1. The Labute approximate surface area is 173 Å². The molecule has 0 unspecified atom stereocenters. The number of rotatable bonds is 7. The van der Waals surface area contributed by atoms with Crippen LogP contribution in [0.2, 0.25) is 0 Å². The van der Waals surface area contributed by atoms with Crippen molar-refractivity contribution in [3.8, 4) is 11.5 Å². The SMILES string of the molecule is CCOc1ccc(C(=O)Oc2ccc(C=NNC(=O)c3ccccc3F)cc2)cc1. The first-order chi connectivity index (χ1) is 14.6. The molecule has 0 atom stereocenters. The number of benzene rings is 3. The average Bonchev–Trinajstić information content (AvgIpc) is 2.76. The maximum atomic E-state index is 13.6. The minimum atomic E-state index is -0.648. The summed E-state index contributed by atoms with van der Waals surface area (Å²) in [6, 6.07) is 18.8. The van der Waals surface area contributed by atoms with Gasteiger partial charge in [-0.3, -0.25) is 4.79 Å². The first-order valence-electron chi connectivity index (χ1n) is 9.20. The standard InChI is InChI=1S/C23H19FN2O4/c1-2-29-18-13-9-17(10-14-18)23(28)30-19-11-7-16(8-12-19)15-25-26-22(27)20-5-3-4-6-21(20)24/h3-15H,2H2,1H3,(H,26,27).